The molecule has 3 heteroatoms. The molecule has 2 atom stereocenters. The standard InChI is InChI=1S/C15H25N3/c1-11(2)14-9-15(17-10-16-14)18-13-6-4-5-12(3)7-8-13/h9-13H,4-8H2,1-3H3,(H,16,17,18). The largest absolute Gasteiger partial charge is 0.367 e. The van der Waals surface area contributed by atoms with Crippen LogP contribution in [0.3, 0.4) is 0 Å². The molecule has 1 aliphatic carbocycles. The third kappa shape index (κ3) is 3.69. The van der Waals surface area contributed by atoms with Gasteiger partial charge in [0.05, 0.1) is 0 Å². The van der Waals surface area contributed by atoms with E-state index >= 15 is 0 Å². The molecule has 1 saturated carbocycles. The van der Waals surface area contributed by atoms with Crippen LogP contribution in [0.5, 0.6) is 0 Å². The van der Waals surface area contributed by atoms with Gasteiger partial charge in [0.25, 0.3) is 0 Å². The predicted molar refractivity (Wildman–Crippen MR) is 75.8 cm³/mol. The van der Waals surface area contributed by atoms with Crippen molar-refractivity contribution in [2.75, 3.05) is 5.32 Å². The van der Waals surface area contributed by atoms with Crippen LogP contribution in [0.1, 0.15) is 64.5 Å². The first-order chi connectivity index (χ1) is 8.65. The summed E-state index contributed by atoms with van der Waals surface area (Å²) in [6.45, 7) is 6.70. The van der Waals surface area contributed by atoms with Crippen molar-refractivity contribution in [3.8, 4) is 0 Å². The summed E-state index contributed by atoms with van der Waals surface area (Å²) in [4.78, 5) is 8.65. The molecule has 0 aliphatic heterocycles. The van der Waals surface area contributed by atoms with Crippen molar-refractivity contribution in [1.82, 2.24) is 9.97 Å². The van der Waals surface area contributed by atoms with Crippen LogP contribution < -0.4 is 5.32 Å². The van der Waals surface area contributed by atoms with Gasteiger partial charge in [-0.15, -0.1) is 0 Å². The third-order valence-electron chi connectivity index (χ3n) is 3.89. The van der Waals surface area contributed by atoms with Gasteiger partial charge in [0.1, 0.15) is 12.1 Å². The molecule has 2 unspecified atom stereocenters. The fraction of sp³-hybridized carbons (Fsp3) is 0.733. The van der Waals surface area contributed by atoms with Gasteiger partial charge in [-0.3, -0.25) is 0 Å². The molecule has 1 heterocycles. The van der Waals surface area contributed by atoms with E-state index in [2.05, 4.69) is 42.1 Å². The molecule has 18 heavy (non-hydrogen) atoms. The molecular weight excluding hydrogens is 222 g/mol. The van der Waals surface area contributed by atoms with Crippen LogP contribution in [0.25, 0.3) is 0 Å². The minimum Gasteiger partial charge on any atom is -0.367 e. The van der Waals surface area contributed by atoms with Gasteiger partial charge in [0.2, 0.25) is 0 Å². The first-order valence-electron chi connectivity index (χ1n) is 7.23. The summed E-state index contributed by atoms with van der Waals surface area (Å²) in [5, 5.41) is 3.59. The average molecular weight is 247 g/mol. The second-order valence-corrected chi connectivity index (χ2v) is 5.94. The van der Waals surface area contributed by atoms with E-state index < -0.39 is 0 Å². The van der Waals surface area contributed by atoms with Crippen LogP contribution in [-0.2, 0) is 0 Å². The van der Waals surface area contributed by atoms with Crippen molar-refractivity contribution in [2.45, 2.75) is 64.8 Å². The molecular formula is C15H25N3. The van der Waals surface area contributed by atoms with Crippen molar-refractivity contribution < 1.29 is 0 Å². The Morgan fingerprint density at radius 2 is 2.00 bits per heavy atom. The lowest BCUT2D eigenvalue weighted by Crippen LogP contribution is -2.19. The lowest BCUT2D eigenvalue weighted by Gasteiger charge is -2.17. The highest BCUT2D eigenvalue weighted by molar-refractivity contribution is 5.36. The molecule has 0 amide bonds. The molecule has 1 N–H and O–H groups in total. The number of hydrogen-bond donors (Lipinski definition) is 1. The van der Waals surface area contributed by atoms with Crippen LogP contribution in [0.2, 0.25) is 0 Å². The molecule has 2 rings (SSSR count). The Bertz CT molecular complexity index is 376. The summed E-state index contributed by atoms with van der Waals surface area (Å²) in [6, 6.07) is 2.68. The lowest BCUT2D eigenvalue weighted by molar-refractivity contribution is 0.502. The summed E-state index contributed by atoms with van der Waals surface area (Å²) in [6.07, 6.45) is 8.25. The Balaban J connectivity index is 1.98. The summed E-state index contributed by atoms with van der Waals surface area (Å²) in [5.74, 6) is 2.34. The number of nitrogens with one attached hydrogen (secondary N) is 1. The Kier molecular flexibility index (Phi) is 4.56. The van der Waals surface area contributed by atoms with E-state index in [4.69, 9.17) is 0 Å². The summed E-state index contributed by atoms with van der Waals surface area (Å²) < 4.78 is 0. The van der Waals surface area contributed by atoms with E-state index in [0.29, 0.717) is 12.0 Å². The molecule has 1 fully saturated rings. The molecule has 1 aromatic heterocycles. The number of aromatic nitrogens is 2. The molecule has 3 nitrogen and oxygen atoms in total. The molecule has 0 saturated heterocycles. The Morgan fingerprint density at radius 3 is 2.78 bits per heavy atom. The summed E-state index contributed by atoms with van der Waals surface area (Å²) >= 11 is 0. The van der Waals surface area contributed by atoms with Crippen LogP contribution in [0.4, 0.5) is 5.82 Å². The minimum absolute atomic E-state index is 0.461. The van der Waals surface area contributed by atoms with E-state index in [1.807, 2.05) is 0 Å². The van der Waals surface area contributed by atoms with Gasteiger partial charge in [-0.1, -0.05) is 33.6 Å². The minimum atomic E-state index is 0.461. The number of anilines is 1. The molecule has 0 radical (unpaired) electrons. The highest BCUT2D eigenvalue weighted by atomic mass is 15.0. The topological polar surface area (TPSA) is 37.8 Å². The first kappa shape index (κ1) is 13.3. The molecule has 0 bridgehead atoms. The molecule has 0 spiro atoms. The number of hydrogen-bond acceptors (Lipinski definition) is 3. The van der Waals surface area contributed by atoms with Crippen LogP contribution in [0.15, 0.2) is 12.4 Å². The van der Waals surface area contributed by atoms with Crippen molar-refractivity contribution >= 4 is 5.82 Å². The second kappa shape index (κ2) is 6.17. The number of nitrogens with zero attached hydrogens (tertiary/aromatic N) is 2. The maximum atomic E-state index is 4.34. The zero-order chi connectivity index (χ0) is 13.0. The van der Waals surface area contributed by atoms with Gasteiger partial charge in [0.15, 0.2) is 0 Å². The van der Waals surface area contributed by atoms with Crippen molar-refractivity contribution in [1.29, 1.82) is 0 Å². The Hall–Kier alpha value is -1.12. The van der Waals surface area contributed by atoms with E-state index in [1.54, 1.807) is 6.33 Å². The summed E-state index contributed by atoms with van der Waals surface area (Å²) in [7, 11) is 0. The highest BCUT2D eigenvalue weighted by Gasteiger charge is 2.16. The Labute approximate surface area is 110 Å². The van der Waals surface area contributed by atoms with Crippen LogP contribution in [-0.4, -0.2) is 16.0 Å². The third-order valence-corrected chi connectivity index (χ3v) is 3.89. The monoisotopic (exact) mass is 247 g/mol. The maximum Gasteiger partial charge on any atom is 0.129 e. The van der Waals surface area contributed by atoms with Crippen LogP contribution in [0, 0.1) is 5.92 Å². The van der Waals surface area contributed by atoms with E-state index in [-0.39, 0.29) is 0 Å². The second-order valence-electron chi connectivity index (χ2n) is 5.94. The quantitative estimate of drug-likeness (QED) is 0.821. The highest BCUT2D eigenvalue weighted by Crippen LogP contribution is 2.25. The van der Waals surface area contributed by atoms with Crippen molar-refractivity contribution in [2.24, 2.45) is 5.92 Å². The fourth-order valence-corrected chi connectivity index (χ4v) is 2.61. The molecule has 1 aromatic rings. The van der Waals surface area contributed by atoms with E-state index in [9.17, 15) is 0 Å². The van der Waals surface area contributed by atoms with E-state index in [1.165, 1.54) is 32.1 Å². The fourth-order valence-electron chi connectivity index (χ4n) is 2.61. The van der Waals surface area contributed by atoms with Crippen molar-refractivity contribution in [3.05, 3.63) is 18.1 Å². The number of rotatable bonds is 3. The molecule has 1 aliphatic rings. The molecule has 0 aromatic carbocycles. The zero-order valence-electron chi connectivity index (χ0n) is 11.8. The smallest absolute Gasteiger partial charge is 0.129 e. The lowest BCUT2D eigenvalue weighted by atomic mass is 10.0. The van der Waals surface area contributed by atoms with Crippen LogP contribution >= 0.6 is 0 Å². The SMILES string of the molecule is CC1CCCC(Nc2cc(C(C)C)ncn2)CC1. The Morgan fingerprint density at radius 1 is 1.17 bits per heavy atom. The first-order valence-corrected chi connectivity index (χ1v) is 7.23. The van der Waals surface area contributed by atoms with Gasteiger partial charge >= 0.3 is 0 Å². The van der Waals surface area contributed by atoms with Gasteiger partial charge in [-0.2, -0.15) is 0 Å². The van der Waals surface area contributed by atoms with Gasteiger partial charge in [0, 0.05) is 17.8 Å². The van der Waals surface area contributed by atoms with E-state index in [0.717, 1.165) is 17.4 Å². The average Bonchev–Trinajstić information content (AvgIpc) is 2.55. The zero-order valence-corrected chi connectivity index (χ0v) is 11.8. The maximum absolute atomic E-state index is 4.34. The van der Waals surface area contributed by atoms with Gasteiger partial charge in [-0.05, 0) is 31.1 Å². The van der Waals surface area contributed by atoms with Gasteiger partial charge in [-0.25, -0.2) is 9.97 Å². The molecule has 100 valence electrons. The predicted octanol–water partition coefficient (Wildman–Crippen LogP) is 3.98. The van der Waals surface area contributed by atoms with Crippen molar-refractivity contribution in [3.63, 3.8) is 0 Å². The normalized spacial score (nSPS) is 24.9. The van der Waals surface area contributed by atoms with Gasteiger partial charge < -0.3 is 5.32 Å². The summed E-state index contributed by atoms with van der Waals surface area (Å²) in [5.41, 5.74) is 1.12.